The highest BCUT2D eigenvalue weighted by Gasteiger charge is 2.21. The van der Waals surface area contributed by atoms with Crippen LogP contribution in [0.2, 0.25) is 0 Å². The summed E-state index contributed by atoms with van der Waals surface area (Å²) in [6.07, 6.45) is 8.25. The van der Waals surface area contributed by atoms with E-state index in [2.05, 4.69) is 55.0 Å². The first kappa shape index (κ1) is 19.7. The molecule has 3 heteroatoms. The lowest BCUT2D eigenvalue weighted by Gasteiger charge is -2.23. The maximum absolute atomic E-state index is 9.82. The summed E-state index contributed by atoms with van der Waals surface area (Å²) < 4.78 is 0. The van der Waals surface area contributed by atoms with Crippen LogP contribution in [0, 0.1) is 0 Å². The Balaban J connectivity index is 2.20. The van der Waals surface area contributed by atoms with Crippen LogP contribution >= 0.6 is 0 Å². The van der Waals surface area contributed by atoms with E-state index in [4.69, 9.17) is 0 Å². The highest BCUT2D eigenvalue weighted by molar-refractivity contribution is 5.93. The van der Waals surface area contributed by atoms with Crippen molar-refractivity contribution in [3.8, 4) is 0 Å². The van der Waals surface area contributed by atoms with Crippen LogP contribution in [0.5, 0.6) is 0 Å². The molecule has 0 spiro atoms. The quantitative estimate of drug-likeness (QED) is 0.612. The third-order valence-electron chi connectivity index (χ3n) is 5.62. The summed E-state index contributed by atoms with van der Waals surface area (Å²) >= 11 is 0. The molecule has 2 heterocycles. The van der Waals surface area contributed by atoms with Crippen LogP contribution in [0.25, 0.3) is 16.5 Å². The molecule has 0 bridgehead atoms. The number of rotatable bonds is 6. The number of aromatic nitrogens is 1. The molecule has 3 nitrogen and oxygen atoms in total. The molecule has 1 aromatic carbocycles. The van der Waals surface area contributed by atoms with Crippen molar-refractivity contribution in [1.29, 1.82) is 0 Å². The number of fused-ring (bicyclic) bond motifs is 1. The van der Waals surface area contributed by atoms with Crippen molar-refractivity contribution in [2.75, 3.05) is 19.7 Å². The van der Waals surface area contributed by atoms with E-state index in [0.29, 0.717) is 11.8 Å². The molecular formula is C24H32N2O. The molecule has 2 aromatic rings. The first-order chi connectivity index (χ1) is 13.1. The molecule has 0 unspecified atom stereocenters. The van der Waals surface area contributed by atoms with Gasteiger partial charge < -0.3 is 15.4 Å². The molecule has 1 saturated heterocycles. The number of allylic oxidation sites excluding steroid dienone is 3. The van der Waals surface area contributed by atoms with Gasteiger partial charge in [0, 0.05) is 16.5 Å². The van der Waals surface area contributed by atoms with Gasteiger partial charge in [0.25, 0.3) is 0 Å². The maximum Gasteiger partial charge on any atom is 0.0688 e. The molecule has 3 N–H and O–H groups in total. The number of aromatic amines is 1. The van der Waals surface area contributed by atoms with Gasteiger partial charge in [0.1, 0.15) is 0 Å². The molecule has 0 amide bonds. The predicted octanol–water partition coefficient (Wildman–Crippen LogP) is 5.27. The second-order valence-electron chi connectivity index (χ2n) is 7.70. The van der Waals surface area contributed by atoms with Crippen LogP contribution in [0.3, 0.4) is 0 Å². The Morgan fingerprint density at radius 3 is 2.63 bits per heavy atom. The van der Waals surface area contributed by atoms with Crippen molar-refractivity contribution in [3.63, 3.8) is 0 Å². The Bertz CT molecular complexity index is 864. The molecule has 1 aromatic heterocycles. The Hall–Kier alpha value is -2.10. The lowest BCUT2D eigenvalue weighted by molar-refractivity contribution is 0.335. The zero-order valence-electron chi connectivity index (χ0n) is 16.8. The second-order valence-corrected chi connectivity index (χ2v) is 7.70. The predicted molar refractivity (Wildman–Crippen MR) is 116 cm³/mol. The number of hydrogen-bond donors (Lipinski definition) is 3. The summed E-state index contributed by atoms with van der Waals surface area (Å²) in [6, 6.07) is 6.89. The van der Waals surface area contributed by atoms with Crippen molar-refractivity contribution in [2.24, 2.45) is 0 Å². The van der Waals surface area contributed by atoms with Crippen molar-refractivity contribution in [2.45, 2.75) is 45.4 Å². The second kappa shape index (κ2) is 8.73. The minimum atomic E-state index is -0.0175. The molecule has 1 fully saturated rings. The number of H-pyrrole nitrogens is 1. The number of nitrogens with one attached hydrogen (secondary N) is 2. The van der Waals surface area contributed by atoms with Crippen LogP contribution in [0.4, 0.5) is 0 Å². The fraction of sp³-hybridized carbons (Fsp3) is 0.417. The van der Waals surface area contributed by atoms with E-state index in [-0.39, 0.29) is 6.61 Å². The Morgan fingerprint density at radius 1 is 1.30 bits per heavy atom. The lowest BCUT2D eigenvalue weighted by atomic mass is 9.88. The van der Waals surface area contributed by atoms with Crippen molar-refractivity contribution in [3.05, 3.63) is 65.4 Å². The van der Waals surface area contributed by atoms with Gasteiger partial charge in [0.2, 0.25) is 0 Å². The molecule has 27 heavy (non-hydrogen) atoms. The van der Waals surface area contributed by atoms with Crippen LogP contribution in [-0.2, 0) is 0 Å². The summed E-state index contributed by atoms with van der Waals surface area (Å²) in [5.74, 6) is 1.02. The highest BCUT2D eigenvalue weighted by atomic mass is 16.3. The van der Waals surface area contributed by atoms with Crippen molar-refractivity contribution < 1.29 is 5.11 Å². The molecule has 0 atom stereocenters. The molecule has 3 rings (SSSR count). The van der Waals surface area contributed by atoms with Crippen LogP contribution in [-0.4, -0.2) is 29.8 Å². The van der Waals surface area contributed by atoms with E-state index in [1.54, 1.807) is 6.08 Å². The molecule has 144 valence electrons. The fourth-order valence-corrected chi connectivity index (χ4v) is 4.23. The monoisotopic (exact) mass is 364 g/mol. The van der Waals surface area contributed by atoms with E-state index in [1.165, 1.54) is 29.4 Å². The maximum atomic E-state index is 9.82. The summed E-state index contributed by atoms with van der Waals surface area (Å²) in [5, 5.41) is 14.6. The minimum absolute atomic E-state index is 0.0175. The van der Waals surface area contributed by atoms with Crippen molar-refractivity contribution >= 4 is 16.5 Å². The van der Waals surface area contributed by atoms with E-state index in [1.807, 2.05) is 13.0 Å². The van der Waals surface area contributed by atoms with Gasteiger partial charge in [-0.15, -0.1) is 0 Å². The number of benzene rings is 1. The third kappa shape index (κ3) is 3.95. The van der Waals surface area contributed by atoms with Gasteiger partial charge in [0.15, 0.2) is 0 Å². The van der Waals surface area contributed by atoms with E-state index >= 15 is 0 Å². The highest BCUT2D eigenvalue weighted by Crippen LogP contribution is 2.37. The smallest absolute Gasteiger partial charge is 0.0688 e. The van der Waals surface area contributed by atoms with Crippen LogP contribution < -0.4 is 5.32 Å². The Labute approximate surface area is 162 Å². The third-order valence-corrected chi connectivity index (χ3v) is 5.62. The first-order valence-electron chi connectivity index (χ1n) is 10.1. The standard InChI is InChI=1S/C24H32N2O/c1-5-7-20(17(6-2)15-27)24-23(16(3)4)21-14-19(8-9-22(21)26-24)18-10-12-25-13-11-18/h5-9,14,16,18,25-27H,2,10-13,15H2,1,3-4H3/b7-5-,20-17-. The summed E-state index contributed by atoms with van der Waals surface area (Å²) in [6.45, 7) is 12.6. The zero-order chi connectivity index (χ0) is 19.4. The summed E-state index contributed by atoms with van der Waals surface area (Å²) in [5.41, 5.74) is 6.90. The molecule has 0 saturated carbocycles. The Morgan fingerprint density at radius 2 is 2.04 bits per heavy atom. The van der Waals surface area contributed by atoms with Gasteiger partial charge in [-0.25, -0.2) is 0 Å². The molecule has 0 radical (unpaired) electrons. The number of aliphatic hydroxyl groups excluding tert-OH is 1. The van der Waals surface area contributed by atoms with Gasteiger partial charge >= 0.3 is 0 Å². The number of aliphatic hydroxyl groups is 1. The van der Waals surface area contributed by atoms with Crippen LogP contribution in [0.15, 0.2) is 48.6 Å². The molecule has 1 aliphatic rings. The molecule has 1 aliphatic heterocycles. The average Bonchev–Trinajstić information content (AvgIpc) is 3.07. The van der Waals surface area contributed by atoms with Gasteiger partial charge in [-0.2, -0.15) is 0 Å². The van der Waals surface area contributed by atoms with Crippen molar-refractivity contribution in [1.82, 2.24) is 10.3 Å². The number of hydrogen-bond acceptors (Lipinski definition) is 2. The van der Waals surface area contributed by atoms with E-state index in [0.717, 1.165) is 35.4 Å². The summed E-state index contributed by atoms with van der Waals surface area (Å²) in [4.78, 5) is 3.63. The van der Waals surface area contributed by atoms with Gasteiger partial charge in [0.05, 0.1) is 12.3 Å². The largest absolute Gasteiger partial charge is 0.392 e. The average molecular weight is 365 g/mol. The minimum Gasteiger partial charge on any atom is -0.392 e. The SMILES string of the molecule is C=C/C(CO)=C(\C=C/C)c1[nH]c2ccc(C3CCNCC3)cc2c1C(C)C. The Kier molecular flexibility index (Phi) is 6.35. The first-order valence-corrected chi connectivity index (χ1v) is 10.1. The van der Waals surface area contributed by atoms with E-state index in [9.17, 15) is 5.11 Å². The van der Waals surface area contributed by atoms with E-state index < -0.39 is 0 Å². The summed E-state index contributed by atoms with van der Waals surface area (Å²) in [7, 11) is 0. The van der Waals surface area contributed by atoms with Gasteiger partial charge in [-0.1, -0.05) is 44.7 Å². The number of piperidine rings is 1. The lowest BCUT2D eigenvalue weighted by Crippen LogP contribution is -2.26. The van der Waals surface area contributed by atoms with Gasteiger partial charge in [-0.3, -0.25) is 0 Å². The molecule has 0 aliphatic carbocycles. The molecular weight excluding hydrogens is 332 g/mol. The van der Waals surface area contributed by atoms with Crippen LogP contribution in [0.1, 0.15) is 62.3 Å². The zero-order valence-corrected chi connectivity index (χ0v) is 16.8. The fourth-order valence-electron chi connectivity index (χ4n) is 4.23. The normalized spacial score (nSPS) is 17.1. The topological polar surface area (TPSA) is 48.0 Å². The van der Waals surface area contributed by atoms with Gasteiger partial charge in [-0.05, 0) is 73.5 Å².